The van der Waals surface area contributed by atoms with E-state index in [-0.39, 0.29) is 17.7 Å². The van der Waals surface area contributed by atoms with Gasteiger partial charge in [-0.15, -0.1) is 0 Å². The zero-order chi connectivity index (χ0) is 15.9. The zero-order valence-electron chi connectivity index (χ0n) is 13.4. The van der Waals surface area contributed by atoms with Crippen molar-refractivity contribution >= 4 is 11.8 Å². The fraction of sp³-hybridized carbons (Fsp3) is 0.556. The van der Waals surface area contributed by atoms with Gasteiger partial charge >= 0.3 is 0 Å². The van der Waals surface area contributed by atoms with Crippen molar-refractivity contribution in [1.82, 2.24) is 10.2 Å². The number of allylic oxidation sites excluding steroid dienone is 4. The number of hydrogen-bond acceptors (Lipinski definition) is 2. The maximum atomic E-state index is 12.1. The molecule has 0 unspecified atom stereocenters. The number of nitrogens with one attached hydrogen (secondary N) is 1. The molecule has 1 N–H and O–H groups in total. The molecule has 0 spiro atoms. The molecule has 1 saturated heterocycles. The molecule has 0 atom stereocenters. The van der Waals surface area contributed by atoms with Crippen LogP contribution in [0.2, 0.25) is 0 Å². The lowest BCUT2D eigenvalue weighted by molar-refractivity contribution is -0.131. The van der Waals surface area contributed by atoms with E-state index >= 15 is 0 Å². The summed E-state index contributed by atoms with van der Waals surface area (Å²) in [6, 6.07) is 0. The van der Waals surface area contributed by atoms with E-state index in [1.807, 2.05) is 19.1 Å². The summed E-state index contributed by atoms with van der Waals surface area (Å²) < 4.78 is 0. The maximum Gasteiger partial charge on any atom is 0.227 e. The summed E-state index contributed by atoms with van der Waals surface area (Å²) in [6.45, 7) is 6.42. The highest BCUT2D eigenvalue weighted by atomic mass is 16.2. The molecule has 4 heteroatoms. The first-order chi connectivity index (χ1) is 10.6. The fourth-order valence-corrected chi connectivity index (χ4v) is 3.08. The summed E-state index contributed by atoms with van der Waals surface area (Å²) >= 11 is 0. The molecular formula is C18H26N2O2. The van der Waals surface area contributed by atoms with Crippen LogP contribution >= 0.6 is 0 Å². The number of amides is 2. The van der Waals surface area contributed by atoms with Crippen molar-refractivity contribution in [2.24, 2.45) is 5.92 Å². The van der Waals surface area contributed by atoms with E-state index in [0.717, 1.165) is 56.5 Å². The van der Waals surface area contributed by atoms with Crippen molar-refractivity contribution < 1.29 is 9.59 Å². The summed E-state index contributed by atoms with van der Waals surface area (Å²) in [5.74, 6) is 0.433. The molecule has 2 fully saturated rings. The average molecular weight is 302 g/mol. The van der Waals surface area contributed by atoms with E-state index in [2.05, 4.69) is 11.9 Å². The Bertz CT molecular complexity index is 499. The lowest BCUT2D eigenvalue weighted by Crippen LogP contribution is -2.33. The molecule has 1 aliphatic carbocycles. The molecule has 4 nitrogen and oxygen atoms in total. The Morgan fingerprint density at radius 1 is 1.23 bits per heavy atom. The van der Waals surface area contributed by atoms with Gasteiger partial charge in [-0.05, 0) is 50.8 Å². The average Bonchev–Trinajstić information content (AvgIpc) is 3.04. The van der Waals surface area contributed by atoms with E-state index in [0.29, 0.717) is 6.42 Å². The van der Waals surface area contributed by atoms with Crippen LogP contribution in [0.3, 0.4) is 0 Å². The third-order valence-corrected chi connectivity index (χ3v) is 4.39. The highest BCUT2D eigenvalue weighted by Crippen LogP contribution is 2.25. The van der Waals surface area contributed by atoms with Crippen molar-refractivity contribution in [3.05, 3.63) is 36.2 Å². The molecule has 0 aromatic rings. The van der Waals surface area contributed by atoms with Gasteiger partial charge in [-0.2, -0.15) is 0 Å². The number of nitrogens with zero attached hydrogens (tertiary/aromatic N) is 1. The number of rotatable bonds is 5. The zero-order valence-corrected chi connectivity index (χ0v) is 13.4. The molecule has 0 aromatic carbocycles. The van der Waals surface area contributed by atoms with Crippen LogP contribution < -0.4 is 5.32 Å². The number of piperidine rings is 1. The lowest BCUT2D eigenvalue weighted by Gasteiger charge is -2.27. The normalized spacial score (nSPS) is 21.1. The van der Waals surface area contributed by atoms with E-state index in [1.165, 1.54) is 0 Å². The third-order valence-electron chi connectivity index (χ3n) is 4.39. The minimum Gasteiger partial charge on any atom is -0.330 e. The number of carbonyl (C=O) groups is 2. The van der Waals surface area contributed by atoms with Crippen molar-refractivity contribution in [3.63, 3.8) is 0 Å². The quantitative estimate of drug-likeness (QED) is 0.792. The standard InChI is InChI=1S/C18H26N2O2/c1-3-16(20-13-7-6-10-17(20)21)12-11-14(2)19-18(22)15-8-4-5-9-15/h3,11-12,15H,1,4-10,13H2,2H3,(H,19,22)/b14-11+,16-12+. The molecule has 1 saturated carbocycles. The number of likely N-dealkylation sites (tertiary alicyclic amines) is 1. The van der Waals surface area contributed by atoms with Gasteiger partial charge in [0, 0.05) is 30.3 Å². The molecule has 0 bridgehead atoms. The second kappa shape index (κ2) is 7.97. The molecule has 1 heterocycles. The fourth-order valence-electron chi connectivity index (χ4n) is 3.08. The highest BCUT2D eigenvalue weighted by molar-refractivity contribution is 5.81. The van der Waals surface area contributed by atoms with Gasteiger partial charge in [-0.25, -0.2) is 0 Å². The lowest BCUT2D eigenvalue weighted by atomic mass is 10.1. The first-order valence-electron chi connectivity index (χ1n) is 8.24. The van der Waals surface area contributed by atoms with Crippen LogP contribution in [0.1, 0.15) is 51.9 Å². The van der Waals surface area contributed by atoms with Crippen molar-refractivity contribution in [3.8, 4) is 0 Å². The van der Waals surface area contributed by atoms with Crippen LogP contribution in [0, 0.1) is 5.92 Å². The Labute approximate surface area is 132 Å². The monoisotopic (exact) mass is 302 g/mol. The topological polar surface area (TPSA) is 49.4 Å². The number of carbonyl (C=O) groups excluding carboxylic acids is 2. The largest absolute Gasteiger partial charge is 0.330 e. The van der Waals surface area contributed by atoms with Crippen LogP contribution in [0.4, 0.5) is 0 Å². The smallest absolute Gasteiger partial charge is 0.227 e. The summed E-state index contributed by atoms with van der Waals surface area (Å²) in [5.41, 5.74) is 1.61. The van der Waals surface area contributed by atoms with Crippen LogP contribution in [-0.4, -0.2) is 23.3 Å². The molecule has 0 aromatic heterocycles. The number of hydrogen-bond donors (Lipinski definition) is 1. The van der Waals surface area contributed by atoms with Gasteiger partial charge in [0.05, 0.1) is 0 Å². The second-order valence-corrected chi connectivity index (χ2v) is 6.12. The molecule has 0 radical (unpaired) electrons. The third kappa shape index (κ3) is 4.33. The van der Waals surface area contributed by atoms with Gasteiger partial charge < -0.3 is 10.2 Å². The first kappa shape index (κ1) is 16.5. The van der Waals surface area contributed by atoms with Gasteiger partial charge in [-0.1, -0.05) is 19.4 Å². The second-order valence-electron chi connectivity index (χ2n) is 6.12. The van der Waals surface area contributed by atoms with Crippen LogP contribution in [-0.2, 0) is 9.59 Å². The van der Waals surface area contributed by atoms with Gasteiger partial charge in [0.1, 0.15) is 0 Å². The first-order valence-corrected chi connectivity index (χ1v) is 8.24. The Morgan fingerprint density at radius 2 is 1.95 bits per heavy atom. The molecule has 2 aliphatic rings. The van der Waals surface area contributed by atoms with E-state index in [4.69, 9.17) is 0 Å². The Hall–Kier alpha value is -1.84. The molecule has 120 valence electrons. The SMILES string of the molecule is C=C/C(=C\C=C(/C)NC(=O)C1CCCC1)N1CCCCC1=O. The maximum absolute atomic E-state index is 12.1. The van der Waals surface area contributed by atoms with Crippen molar-refractivity contribution in [2.75, 3.05) is 6.54 Å². The van der Waals surface area contributed by atoms with Gasteiger partial charge in [-0.3, -0.25) is 9.59 Å². The summed E-state index contributed by atoms with van der Waals surface area (Å²) in [6.07, 6.45) is 12.3. The van der Waals surface area contributed by atoms with Crippen molar-refractivity contribution in [2.45, 2.75) is 51.9 Å². The summed E-state index contributed by atoms with van der Waals surface area (Å²) in [7, 11) is 0. The summed E-state index contributed by atoms with van der Waals surface area (Å²) in [5, 5.41) is 2.96. The highest BCUT2D eigenvalue weighted by Gasteiger charge is 2.22. The Kier molecular flexibility index (Phi) is 5.99. The minimum absolute atomic E-state index is 0.119. The van der Waals surface area contributed by atoms with E-state index < -0.39 is 0 Å². The van der Waals surface area contributed by atoms with Crippen LogP contribution in [0.25, 0.3) is 0 Å². The summed E-state index contributed by atoms with van der Waals surface area (Å²) in [4.78, 5) is 25.8. The van der Waals surface area contributed by atoms with Gasteiger partial charge in [0.25, 0.3) is 0 Å². The Morgan fingerprint density at radius 3 is 2.59 bits per heavy atom. The van der Waals surface area contributed by atoms with Crippen LogP contribution in [0.5, 0.6) is 0 Å². The van der Waals surface area contributed by atoms with Crippen LogP contribution in [0.15, 0.2) is 36.2 Å². The van der Waals surface area contributed by atoms with Gasteiger partial charge in [0.2, 0.25) is 11.8 Å². The molecule has 22 heavy (non-hydrogen) atoms. The minimum atomic E-state index is 0.119. The predicted molar refractivity (Wildman–Crippen MR) is 87.7 cm³/mol. The van der Waals surface area contributed by atoms with E-state index in [9.17, 15) is 9.59 Å². The molecule has 1 aliphatic heterocycles. The molecule has 2 amide bonds. The Balaban J connectivity index is 1.97. The van der Waals surface area contributed by atoms with Gasteiger partial charge in [0.15, 0.2) is 0 Å². The molecule has 2 rings (SSSR count). The van der Waals surface area contributed by atoms with E-state index in [1.54, 1.807) is 11.0 Å². The van der Waals surface area contributed by atoms with Crippen molar-refractivity contribution in [1.29, 1.82) is 0 Å². The molecular weight excluding hydrogens is 276 g/mol. The predicted octanol–water partition coefficient (Wildman–Crippen LogP) is 3.28.